The van der Waals surface area contributed by atoms with E-state index >= 15 is 0 Å². The Labute approximate surface area is 157 Å². The third-order valence-corrected chi connectivity index (χ3v) is 6.34. The lowest BCUT2D eigenvalue weighted by Gasteiger charge is -2.40. The normalized spacial score (nSPS) is 25.1. The van der Waals surface area contributed by atoms with Crippen LogP contribution in [-0.4, -0.2) is 37.0 Å². The first kappa shape index (κ1) is 18.6. The van der Waals surface area contributed by atoms with E-state index in [4.69, 9.17) is 11.6 Å². The van der Waals surface area contributed by atoms with E-state index in [1.807, 2.05) is 12.1 Å². The molecular weight excluding hydrogens is 332 g/mol. The quantitative estimate of drug-likeness (QED) is 0.751. The zero-order valence-corrected chi connectivity index (χ0v) is 16.6. The van der Waals surface area contributed by atoms with Gasteiger partial charge in [-0.05, 0) is 61.3 Å². The van der Waals surface area contributed by atoms with Gasteiger partial charge in [0, 0.05) is 42.8 Å². The summed E-state index contributed by atoms with van der Waals surface area (Å²) in [5, 5.41) is 0.767. The highest BCUT2D eigenvalue weighted by molar-refractivity contribution is 6.30. The van der Waals surface area contributed by atoms with Crippen molar-refractivity contribution in [1.29, 1.82) is 0 Å². The van der Waals surface area contributed by atoms with E-state index < -0.39 is 0 Å². The second kappa shape index (κ2) is 7.57. The van der Waals surface area contributed by atoms with Gasteiger partial charge in [0.05, 0.1) is 0 Å². The van der Waals surface area contributed by atoms with Crippen LogP contribution in [0.15, 0.2) is 24.3 Å². The molecule has 3 nitrogen and oxygen atoms in total. The monoisotopic (exact) mass is 362 g/mol. The molecule has 1 aliphatic carbocycles. The Morgan fingerprint density at radius 2 is 1.52 bits per heavy atom. The third kappa shape index (κ3) is 4.49. The van der Waals surface area contributed by atoms with Crippen LogP contribution in [0.2, 0.25) is 5.02 Å². The van der Waals surface area contributed by atoms with Crippen LogP contribution in [0.3, 0.4) is 0 Å². The second-order valence-electron chi connectivity index (χ2n) is 8.70. The molecule has 3 rings (SSSR count). The van der Waals surface area contributed by atoms with Gasteiger partial charge in [-0.15, -0.1) is 0 Å². The number of carbonyl (C=O) groups is 1. The standard InChI is InChI=1S/C21H31ClN2O/c1-21(2,3)17-6-4-16(5-7-17)20(25)24-14-12-23(13-15-24)19-10-8-18(22)9-11-19/h8-11,16-17H,4-7,12-15H2,1-3H3. The van der Waals surface area contributed by atoms with Crippen LogP contribution in [0.25, 0.3) is 0 Å². The molecule has 138 valence electrons. The number of anilines is 1. The average molecular weight is 363 g/mol. The minimum absolute atomic E-state index is 0.251. The Kier molecular flexibility index (Phi) is 5.62. The molecule has 1 aromatic rings. The molecule has 0 spiro atoms. The number of benzene rings is 1. The number of nitrogens with zero attached hydrogens (tertiary/aromatic N) is 2. The van der Waals surface area contributed by atoms with Crippen molar-refractivity contribution in [1.82, 2.24) is 4.90 Å². The van der Waals surface area contributed by atoms with Crippen LogP contribution in [0.4, 0.5) is 5.69 Å². The maximum absolute atomic E-state index is 12.9. The molecule has 1 aromatic carbocycles. The highest BCUT2D eigenvalue weighted by atomic mass is 35.5. The zero-order chi connectivity index (χ0) is 18.0. The van der Waals surface area contributed by atoms with Crippen molar-refractivity contribution in [2.24, 2.45) is 17.3 Å². The van der Waals surface area contributed by atoms with Crippen molar-refractivity contribution in [3.8, 4) is 0 Å². The summed E-state index contributed by atoms with van der Waals surface area (Å²) >= 11 is 5.97. The van der Waals surface area contributed by atoms with E-state index in [-0.39, 0.29) is 5.92 Å². The first-order valence-electron chi connectivity index (χ1n) is 9.64. The molecule has 0 bridgehead atoms. The van der Waals surface area contributed by atoms with Gasteiger partial charge in [-0.1, -0.05) is 32.4 Å². The second-order valence-corrected chi connectivity index (χ2v) is 9.14. The van der Waals surface area contributed by atoms with Crippen LogP contribution in [-0.2, 0) is 4.79 Å². The fourth-order valence-corrected chi connectivity index (χ4v) is 4.43. The molecule has 1 saturated heterocycles. The van der Waals surface area contributed by atoms with E-state index in [1.165, 1.54) is 18.5 Å². The number of rotatable bonds is 2. The Morgan fingerprint density at radius 1 is 0.960 bits per heavy atom. The van der Waals surface area contributed by atoms with Crippen molar-refractivity contribution in [3.63, 3.8) is 0 Å². The van der Waals surface area contributed by atoms with Gasteiger partial charge in [0.2, 0.25) is 5.91 Å². The molecule has 0 unspecified atom stereocenters. The smallest absolute Gasteiger partial charge is 0.225 e. The SMILES string of the molecule is CC(C)(C)C1CCC(C(=O)N2CCN(c3ccc(Cl)cc3)CC2)CC1. The largest absolute Gasteiger partial charge is 0.368 e. The summed E-state index contributed by atoms with van der Waals surface area (Å²) in [5.41, 5.74) is 1.57. The van der Waals surface area contributed by atoms with Crippen molar-refractivity contribution < 1.29 is 4.79 Å². The van der Waals surface area contributed by atoms with Crippen LogP contribution >= 0.6 is 11.6 Å². The third-order valence-electron chi connectivity index (χ3n) is 6.08. The Hall–Kier alpha value is -1.22. The lowest BCUT2D eigenvalue weighted by atomic mass is 9.69. The maximum atomic E-state index is 12.9. The summed E-state index contributed by atoms with van der Waals surface area (Å²) < 4.78 is 0. The summed E-state index contributed by atoms with van der Waals surface area (Å²) in [5.74, 6) is 1.40. The number of carbonyl (C=O) groups excluding carboxylic acids is 1. The maximum Gasteiger partial charge on any atom is 0.225 e. The molecule has 0 radical (unpaired) electrons. The first-order chi connectivity index (χ1) is 11.8. The molecule has 2 aliphatic rings. The van der Waals surface area contributed by atoms with Crippen LogP contribution in [0, 0.1) is 17.3 Å². The summed E-state index contributed by atoms with van der Waals surface area (Å²) in [6.07, 6.45) is 4.53. The average Bonchev–Trinajstić information content (AvgIpc) is 2.61. The minimum atomic E-state index is 0.251. The molecule has 0 N–H and O–H groups in total. The minimum Gasteiger partial charge on any atom is -0.368 e. The molecule has 2 fully saturated rings. The van der Waals surface area contributed by atoms with Crippen LogP contribution in [0.5, 0.6) is 0 Å². The van der Waals surface area contributed by atoms with Gasteiger partial charge < -0.3 is 9.80 Å². The molecule has 1 aliphatic heterocycles. The Morgan fingerprint density at radius 3 is 2.04 bits per heavy atom. The fraction of sp³-hybridized carbons (Fsp3) is 0.667. The van der Waals surface area contributed by atoms with E-state index in [0.717, 1.165) is 50.0 Å². The summed E-state index contributed by atoms with van der Waals surface area (Å²) in [4.78, 5) is 17.3. The Balaban J connectivity index is 1.50. The first-order valence-corrected chi connectivity index (χ1v) is 10.0. The molecule has 1 heterocycles. The van der Waals surface area contributed by atoms with Crippen molar-refractivity contribution in [3.05, 3.63) is 29.3 Å². The van der Waals surface area contributed by atoms with Crippen molar-refractivity contribution in [2.45, 2.75) is 46.5 Å². The molecule has 4 heteroatoms. The van der Waals surface area contributed by atoms with Crippen molar-refractivity contribution in [2.75, 3.05) is 31.1 Å². The summed E-state index contributed by atoms with van der Waals surface area (Å²) in [6.45, 7) is 10.5. The van der Waals surface area contributed by atoms with Gasteiger partial charge >= 0.3 is 0 Å². The predicted molar refractivity (Wildman–Crippen MR) is 105 cm³/mol. The molecule has 1 amide bonds. The van der Waals surface area contributed by atoms with Crippen LogP contribution in [0.1, 0.15) is 46.5 Å². The van der Waals surface area contributed by atoms with Crippen molar-refractivity contribution >= 4 is 23.2 Å². The van der Waals surface area contributed by atoms with Crippen LogP contribution < -0.4 is 4.90 Å². The summed E-state index contributed by atoms with van der Waals surface area (Å²) in [6, 6.07) is 7.99. The molecule has 0 atom stereocenters. The zero-order valence-electron chi connectivity index (χ0n) is 15.8. The predicted octanol–water partition coefficient (Wildman–Crippen LogP) is 4.84. The number of amides is 1. The number of hydrogen-bond acceptors (Lipinski definition) is 2. The molecule has 0 aromatic heterocycles. The number of piperazine rings is 1. The number of halogens is 1. The molecule has 1 saturated carbocycles. The van der Waals surface area contributed by atoms with E-state index in [9.17, 15) is 4.79 Å². The number of hydrogen-bond donors (Lipinski definition) is 0. The Bertz CT molecular complexity index is 577. The molecule has 25 heavy (non-hydrogen) atoms. The topological polar surface area (TPSA) is 23.6 Å². The highest BCUT2D eigenvalue weighted by Gasteiger charge is 2.34. The van der Waals surface area contributed by atoms with E-state index in [2.05, 4.69) is 42.7 Å². The lowest BCUT2D eigenvalue weighted by molar-refractivity contribution is -0.137. The van der Waals surface area contributed by atoms with Gasteiger partial charge in [0.1, 0.15) is 0 Å². The van der Waals surface area contributed by atoms with Gasteiger partial charge in [-0.3, -0.25) is 4.79 Å². The highest BCUT2D eigenvalue weighted by Crippen LogP contribution is 2.40. The van der Waals surface area contributed by atoms with Gasteiger partial charge in [0.15, 0.2) is 0 Å². The lowest BCUT2D eigenvalue weighted by Crippen LogP contribution is -2.50. The van der Waals surface area contributed by atoms with E-state index in [1.54, 1.807) is 0 Å². The van der Waals surface area contributed by atoms with E-state index in [0.29, 0.717) is 11.3 Å². The van der Waals surface area contributed by atoms with Gasteiger partial charge in [-0.2, -0.15) is 0 Å². The summed E-state index contributed by atoms with van der Waals surface area (Å²) in [7, 11) is 0. The fourth-order valence-electron chi connectivity index (χ4n) is 4.30. The van der Waals surface area contributed by atoms with Gasteiger partial charge in [0.25, 0.3) is 0 Å². The van der Waals surface area contributed by atoms with Gasteiger partial charge in [-0.25, -0.2) is 0 Å². The molecular formula is C21H31ClN2O.